The van der Waals surface area contributed by atoms with Gasteiger partial charge in [-0.2, -0.15) is 0 Å². The highest BCUT2D eigenvalue weighted by Crippen LogP contribution is 2.40. The summed E-state index contributed by atoms with van der Waals surface area (Å²) in [4.78, 5) is 2.99. The van der Waals surface area contributed by atoms with Crippen molar-refractivity contribution in [2.45, 2.75) is 78.1 Å². The van der Waals surface area contributed by atoms with Crippen LogP contribution in [0.5, 0.6) is 0 Å². The molecule has 0 saturated carbocycles. The smallest absolute Gasteiger partial charge is 0.147 e. The van der Waals surface area contributed by atoms with Crippen LogP contribution in [0, 0.1) is 0 Å². The molecule has 0 aliphatic rings. The molecule has 0 fully saturated rings. The fraction of sp³-hybridized carbons (Fsp3) is 0.600. The lowest BCUT2D eigenvalue weighted by Gasteiger charge is -1.96. The fourth-order valence-electron chi connectivity index (χ4n) is 3.13. The third kappa shape index (κ3) is 4.19. The van der Waals surface area contributed by atoms with Crippen molar-refractivity contribution >= 4 is 43.2 Å². The highest BCUT2D eigenvalue weighted by molar-refractivity contribution is 7.27. The van der Waals surface area contributed by atoms with E-state index in [0.717, 1.165) is 11.2 Å². The summed E-state index contributed by atoms with van der Waals surface area (Å²) in [6.45, 7) is 4.54. The van der Waals surface area contributed by atoms with Gasteiger partial charge in [0.2, 0.25) is 0 Å². The van der Waals surface area contributed by atoms with Crippen LogP contribution in [0.3, 0.4) is 0 Å². The van der Waals surface area contributed by atoms with Crippen LogP contribution in [0.4, 0.5) is 0 Å². The van der Waals surface area contributed by atoms with Crippen LogP contribution in [-0.4, -0.2) is 0 Å². The molecule has 126 valence electrons. The van der Waals surface area contributed by atoms with E-state index in [2.05, 4.69) is 26.0 Å². The van der Waals surface area contributed by atoms with Crippen molar-refractivity contribution in [3.05, 3.63) is 21.9 Å². The SMILES string of the molecule is CCCCCCc1cc2oc3cc(CCCCCC)sc3c2s1. The summed E-state index contributed by atoms with van der Waals surface area (Å²) in [7, 11) is 0. The van der Waals surface area contributed by atoms with Gasteiger partial charge in [0.05, 0.1) is 9.40 Å². The first kappa shape index (κ1) is 17.0. The van der Waals surface area contributed by atoms with E-state index in [1.807, 2.05) is 22.7 Å². The van der Waals surface area contributed by atoms with Gasteiger partial charge in [-0.3, -0.25) is 0 Å². The predicted molar refractivity (Wildman–Crippen MR) is 105 cm³/mol. The molecule has 0 saturated heterocycles. The highest BCUT2D eigenvalue weighted by Gasteiger charge is 2.14. The van der Waals surface area contributed by atoms with Crippen LogP contribution in [-0.2, 0) is 12.8 Å². The van der Waals surface area contributed by atoms with Crippen molar-refractivity contribution in [3.8, 4) is 0 Å². The van der Waals surface area contributed by atoms with Gasteiger partial charge in [0.25, 0.3) is 0 Å². The van der Waals surface area contributed by atoms with Gasteiger partial charge in [-0.25, -0.2) is 0 Å². The standard InChI is InChI=1S/C20H28OS2/c1-3-5-7-9-11-15-13-17-19(22-15)20-18(21-17)14-16(23-20)12-10-8-6-4-2/h13-14H,3-12H2,1-2H3. The summed E-state index contributed by atoms with van der Waals surface area (Å²) in [5.74, 6) is 0. The number of hydrogen-bond acceptors (Lipinski definition) is 3. The van der Waals surface area contributed by atoms with E-state index in [9.17, 15) is 0 Å². The second-order valence-electron chi connectivity index (χ2n) is 6.54. The molecule has 0 atom stereocenters. The molecule has 0 aromatic carbocycles. The molecule has 0 amide bonds. The molecule has 0 N–H and O–H groups in total. The maximum absolute atomic E-state index is 6.09. The minimum atomic E-state index is 1.11. The average Bonchev–Trinajstić information content (AvgIpc) is 3.18. The van der Waals surface area contributed by atoms with Crippen molar-refractivity contribution in [2.24, 2.45) is 0 Å². The minimum Gasteiger partial charge on any atom is -0.454 e. The van der Waals surface area contributed by atoms with Crippen molar-refractivity contribution in [1.82, 2.24) is 0 Å². The normalized spacial score (nSPS) is 11.9. The molecule has 0 aliphatic heterocycles. The zero-order valence-corrected chi connectivity index (χ0v) is 16.1. The molecule has 0 bridgehead atoms. The van der Waals surface area contributed by atoms with E-state index in [1.165, 1.54) is 83.4 Å². The average molecular weight is 349 g/mol. The topological polar surface area (TPSA) is 13.1 Å². The molecule has 3 aromatic heterocycles. The Kier molecular flexibility index (Phi) is 6.18. The monoisotopic (exact) mass is 348 g/mol. The molecule has 3 aromatic rings. The number of thiophene rings is 2. The van der Waals surface area contributed by atoms with Crippen LogP contribution in [0.15, 0.2) is 16.5 Å². The van der Waals surface area contributed by atoms with Gasteiger partial charge in [-0.05, 0) is 37.8 Å². The third-order valence-electron chi connectivity index (χ3n) is 4.48. The van der Waals surface area contributed by atoms with Crippen molar-refractivity contribution in [1.29, 1.82) is 0 Å². The van der Waals surface area contributed by atoms with E-state index in [1.54, 1.807) is 0 Å². The van der Waals surface area contributed by atoms with Gasteiger partial charge in [-0.15, -0.1) is 22.7 Å². The van der Waals surface area contributed by atoms with Crippen LogP contribution in [0.2, 0.25) is 0 Å². The van der Waals surface area contributed by atoms with Gasteiger partial charge >= 0.3 is 0 Å². The number of fused-ring (bicyclic) bond motifs is 3. The number of furan rings is 1. The Labute approximate surface area is 147 Å². The van der Waals surface area contributed by atoms with Gasteiger partial charge in [0, 0.05) is 9.75 Å². The van der Waals surface area contributed by atoms with E-state index in [-0.39, 0.29) is 0 Å². The predicted octanol–water partition coefficient (Wildman–Crippen LogP) is 7.95. The summed E-state index contributed by atoms with van der Waals surface area (Å²) in [5, 5.41) is 0. The Morgan fingerprint density at radius 1 is 0.696 bits per heavy atom. The Morgan fingerprint density at radius 3 is 1.61 bits per heavy atom. The first-order chi connectivity index (χ1) is 11.3. The number of unbranched alkanes of at least 4 members (excludes halogenated alkanes) is 6. The Balaban J connectivity index is 1.66. The van der Waals surface area contributed by atoms with Crippen LogP contribution in [0.25, 0.3) is 20.6 Å². The first-order valence-electron chi connectivity index (χ1n) is 9.25. The molecule has 3 heteroatoms. The third-order valence-corrected chi connectivity index (χ3v) is 6.99. The molecular weight excluding hydrogens is 320 g/mol. The fourth-order valence-corrected chi connectivity index (χ4v) is 5.52. The van der Waals surface area contributed by atoms with Crippen LogP contribution in [0.1, 0.15) is 75.0 Å². The molecular formula is C20H28OS2. The number of rotatable bonds is 10. The van der Waals surface area contributed by atoms with Gasteiger partial charge in [-0.1, -0.05) is 52.4 Å². The lowest BCUT2D eigenvalue weighted by Crippen LogP contribution is -1.80. The molecule has 0 spiro atoms. The second kappa shape index (κ2) is 8.34. The quantitative estimate of drug-likeness (QED) is 0.339. The van der Waals surface area contributed by atoms with Crippen LogP contribution >= 0.6 is 22.7 Å². The molecule has 1 nitrogen and oxygen atoms in total. The summed E-state index contributed by atoms with van der Waals surface area (Å²) in [6.07, 6.45) is 13.1. The number of aryl methyl sites for hydroxylation is 2. The summed E-state index contributed by atoms with van der Waals surface area (Å²) < 4.78 is 8.86. The van der Waals surface area contributed by atoms with Crippen molar-refractivity contribution < 1.29 is 4.42 Å². The lowest BCUT2D eigenvalue weighted by molar-refractivity contribution is 0.660. The van der Waals surface area contributed by atoms with E-state index >= 15 is 0 Å². The minimum absolute atomic E-state index is 1.11. The van der Waals surface area contributed by atoms with E-state index < -0.39 is 0 Å². The zero-order chi connectivity index (χ0) is 16.1. The summed E-state index contributed by atoms with van der Waals surface area (Å²) >= 11 is 3.91. The Bertz CT molecular complexity index is 670. The maximum atomic E-state index is 6.09. The van der Waals surface area contributed by atoms with Gasteiger partial charge in [0.15, 0.2) is 0 Å². The maximum Gasteiger partial charge on any atom is 0.147 e. The van der Waals surface area contributed by atoms with Gasteiger partial charge < -0.3 is 4.42 Å². The van der Waals surface area contributed by atoms with E-state index in [4.69, 9.17) is 4.42 Å². The van der Waals surface area contributed by atoms with Crippen LogP contribution < -0.4 is 0 Å². The molecule has 0 aliphatic carbocycles. The summed E-state index contributed by atoms with van der Waals surface area (Å²) in [5.41, 5.74) is 2.22. The molecule has 3 rings (SSSR count). The Morgan fingerprint density at radius 2 is 1.17 bits per heavy atom. The molecule has 0 unspecified atom stereocenters. The van der Waals surface area contributed by atoms with E-state index in [0.29, 0.717) is 0 Å². The molecule has 0 radical (unpaired) electrons. The zero-order valence-electron chi connectivity index (χ0n) is 14.5. The highest BCUT2D eigenvalue weighted by atomic mass is 32.1. The molecule has 3 heterocycles. The second-order valence-corrected chi connectivity index (χ2v) is 8.81. The van der Waals surface area contributed by atoms with Crippen molar-refractivity contribution in [2.75, 3.05) is 0 Å². The summed E-state index contributed by atoms with van der Waals surface area (Å²) in [6, 6.07) is 4.55. The lowest BCUT2D eigenvalue weighted by atomic mass is 10.1. The Hall–Kier alpha value is -0.800. The van der Waals surface area contributed by atoms with Crippen molar-refractivity contribution in [3.63, 3.8) is 0 Å². The largest absolute Gasteiger partial charge is 0.454 e. The molecule has 23 heavy (non-hydrogen) atoms. The van der Waals surface area contributed by atoms with Gasteiger partial charge in [0.1, 0.15) is 11.2 Å². The first-order valence-corrected chi connectivity index (χ1v) is 10.9. The number of hydrogen-bond donors (Lipinski definition) is 0.